The molecule has 0 amide bonds. The fraction of sp³-hybridized carbons (Fsp3) is 0.211. The molecule has 3 aromatic rings. The van der Waals surface area contributed by atoms with Crippen molar-refractivity contribution >= 4 is 23.1 Å². The maximum absolute atomic E-state index is 5.24. The average molecular weight is 335 g/mol. The molecule has 1 aromatic heterocycles. The molecule has 2 aromatic carbocycles. The first-order valence-corrected chi connectivity index (χ1v) is 8.14. The van der Waals surface area contributed by atoms with Crippen LogP contribution in [0.15, 0.2) is 54.7 Å². The van der Waals surface area contributed by atoms with Gasteiger partial charge in [-0.25, -0.2) is 0 Å². The summed E-state index contributed by atoms with van der Waals surface area (Å²) in [5.74, 6) is 1.97. The lowest BCUT2D eigenvalue weighted by Gasteiger charge is -2.21. The molecule has 0 aliphatic heterocycles. The summed E-state index contributed by atoms with van der Waals surface area (Å²) in [6.07, 6.45) is 1.60. The Morgan fingerprint density at radius 2 is 1.96 bits per heavy atom. The molecule has 0 spiro atoms. The minimum atomic E-state index is 0.556. The predicted octanol–water partition coefficient (Wildman–Crippen LogP) is 4.09. The van der Waals surface area contributed by atoms with Gasteiger partial charge in [0.05, 0.1) is 13.3 Å². The molecular formula is C19H21N5O. The monoisotopic (exact) mass is 335 g/mol. The first kappa shape index (κ1) is 16.7. The van der Waals surface area contributed by atoms with Crippen LogP contribution in [0, 0.1) is 6.92 Å². The van der Waals surface area contributed by atoms with E-state index in [1.165, 1.54) is 5.56 Å². The number of anilines is 4. The number of hydrogen-bond donors (Lipinski definition) is 1. The van der Waals surface area contributed by atoms with Crippen LogP contribution in [0.1, 0.15) is 12.5 Å². The van der Waals surface area contributed by atoms with Crippen molar-refractivity contribution in [3.8, 4) is 5.75 Å². The van der Waals surface area contributed by atoms with E-state index in [0.29, 0.717) is 11.8 Å². The summed E-state index contributed by atoms with van der Waals surface area (Å²) in [7, 11) is 1.64. The van der Waals surface area contributed by atoms with Gasteiger partial charge in [-0.3, -0.25) is 0 Å². The quantitative estimate of drug-likeness (QED) is 0.732. The zero-order valence-electron chi connectivity index (χ0n) is 14.6. The lowest BCUT2D eigenvalue weighted by Crippen LogP contribution is -2.19. The summed E-state index contributed by atoms with van der Waals surface area (Å²) < 4.78 is 5.24. The van der Waals surface area contributed by atoms with Crippen molar-refractivity contribution in [2.75, 3.05) is 23.9 Å². The van der Waals surface area contributed by atoms with Crippen LogP contribution in [0.3, 0.4) is 0 Å². The van der Waals surface area contributed by atoms with Crippen molar-refractivity contribution < 1.29 is 4.74 Å². The highest BCUT2D eigenvalue weighted by atomic mass is 16.5. The van der Waals surface area contributed by atoms with Gasteiger partial charge in [-0.1, -0.05) is 18.2 Å². The number of ether oxygens (including phenoxy) is 1. The summed E-state index contributed by atoms with van der Waals surface area (Å²) in [6.45, 7) is 4.87. The van der Waals surface area contributed by atoms with Crippen LogP contribution in [-0.2, 0) is 0 Å². The molecule has 1 heterocycles. The van der Waals surface area contributed by atoms with Gasteiger partial charge >= 0.3 is 0 Å². The molecule has 6 heteroatoms. The van der Waals surface area contributed by atoms with Gasteiger partial charge < -0.3 is 15.0 Å². The fourth-order valence-electron chi connectivity index (χ4n) is 2.55. The third-order valence-corrected chi connectivity index (χ3v) is 3.76. The molecule has 0 unspecified atom stereocenters. The Hall–Kier alpha value is -3.15. The second-order valence-electron chi connectivity index (χ2n) is 5.58. The SMILES string of the molecule is CCN(c1cccc(C)c1)c1nncc(Nc2cccc(OC)c2)n1. The van der Waals surface area contributed by atoms with E-state index < -0.39 is 0 Å². The Kier molecular flexibility index (Phi) is 5.09. The number of nitrogens with zero attached hydrogens (tertiary/aromatic N) is 4. The molecule has 128 valence electrons. The molecule has 0 radical (unpaired) electrons. The Balaban J connectivity index is 1.87. The number of benzene rings is 2. The topological polar surface area (TPSA) is 63.2 Å². The first-order valence-electron chi connectivity index (χ1n) is 8.14. The zero-order valence-corrected chi connectivity index (χ0v) is 14.6. The number of aryl methyl sites for hydroxylation is 1. The van der Waals surface area contributed by atoms with Gasteiger partial charge in [0.1, 0.15) is 5.75 Å². The third-order valence-electron chi connectivity index (χ3n) is 3.76. The van der Waals surface area contributed by atoms with E-state index >= 15 is 0 Å². The van der Waals surface area contributed by atoms with Crippen LogP contribution in [0.4, 0.5) is 23.1 Å². The molecule has 0 aliphatic rings. The summed E-state index contributed by atoms with van der Waals surface area (Å²) in [5, 5.41) is 11.5. The van der Waals surface area contributed by atoms with Crippen molar-refractivity contribution in [1.82, 2.24) is 15.2 Å². The average Bonchev–Trinajstić information content (AvgIpc) is 2.63. The molecule has 0 atom stereocenters. The van der Waals surface area contributed by atoms with E-state index in [9.17, 15) is 0 Å². The molecule has 1 N–H and O–H groups in total. The molecule has 0 saturated carbocycles. The molecule has 0 fully saturated rings. The van der Waals surface area contributed by atoms with Gasteiger partial charge in [0.15, 0.2) is 5.82 Å². The van der Waals surface area contributed by atoms with Crippen LogP contribution < -0.4 is 15.0 Å². The largest absolute Gasteiger partial charge is 0.497 e. The Morgan fingerprint density at radius 1 is 1.12 bits per heavy atom. The Labute approximate surface area is 147 Å². The number of hydrogen-bond acceptors (Lipinski definition) is 6. The van der Waals surface area contributed by atoms with E-state index in [0.717, 1.165) is 23.7 Å². The number of aromatic nitrogens is 3. The molecule has 0 saturated heterocycles. The number of methoxy groups -OCH3 is 1. The number of rotatable bonds is 6. The normalized spacial score (nSPS) is 10.4. The lowest BCUT2D eigenvalue weighted by molar-refractivity contribution is 0.415. The maximum atomic E-state index is 5.24. The minimum absolute atomic E-state index is 0.556. The van der Waals surface area contributed by atoms with Crippen LogP contribution in [0.5, 0.6) is 5.75 Å². The second kappa shape index (κ2) is 7.61. The van der Waals surface area contributed by atoms with Gasteiger partial charge in [-0.2, -0.15) is 10.1 Å². The molecule has 0 aliphatic carbocycles. The zero-order chi connectivity index (χ0) is 17.6. The molecular weight excluding hydrogens is 314 g/mol. The molecule has 6 nitrogen and oxygen atoms in total. The minimum Gasteiger partial charge on any atom is -0.497 e. The summed E-state index contributed by atoms with van der Waals surface area (Å²) in [4.78, 5) is 6.63. The summed E-state index contributed by atoms with van der Waals surface area (Å²) in [5.41, 5.74) is 3.11. The highest BCUT2D eigenvalue weighted by molar-refractivity contribution is 5.61. The number of nitrogens with one attached hydrogen (secondary N) is 1. The standard InChI is InChI=1S/C19H21N5O/c1-4-24(16-9-5-7-14(2)11-16)19-22-18(13-20-23-19)21-15-8-6-10-17(12-15)25-3/h5-13H,4H2,1-3H3,(H,21,22,23). The van der Waals surface area contributed by atoms with E-state index in [-0.39, 0.29) is 0 Å². The maximum Gasteiger partial charge on any atom is 0.251 e. The van der Waals surface area contributed by atoms with E-state index in [1.807, 2.05) is 41.3 Å². The van der Waals surface area contributed by atoms with Crippen LogP contribution in [0.2, 0.25) is 0 Å². The van der Waals surface area contributed by atoms with Crippen molar-refractivity contribution in [3.05, 3.63) is 60.3 Å². The Morgan fingerprint density at radius 3 is 2.72 bits per heavy atom. The molecule has 0 bridgehead atoms. The highest BCUT2D eigenvalue weighted by Crippen LogP contribution is 2.24. The van der Waals surface area contributed by atoms with Gasteiger partial charge in [0, 0.05) is 24.0 Å². The van der Waals surface area contributed by atoms with E-state index in [4.69, 9.17) is 4.74 Å². The van der Waals surface area contributed by atoms with Crippen molar-refractivity contribution in [3.63, 3.8) is 0 Å². The Bertz CT molecular complexity index is 852. The van der Waals surface area contributed by atoms with Gasteiger partial charge in [-0.15, -0.1) is 5.10 Å². The summed E-state index contributed by atoms with van der Waals surface area (Å²) >= 11 is 0. The van der Waals surface area contributed by atoms with Crippen LogP contribution in [0.25, 0.3) is 0 Å². The van der Waals surface area contributed by atoms with Gasteiger partial charge in [0.25, 0.3) is 5.95 Å². The fourth-order valence-corrected chi connectivity index (χ4v) is 2.55. The van der Waals surface area contributed by atoms with Crippen molar-refractivity contribution in [2.24, 2.45) is 0 Å². The molecule has 25 heavy (non-hydrogen) atoms. The first-order chi connectivity index (χ1) is 12.2. The molecule has 3 rings (SSSR count). The van der Waals surface area contributed by atoms with E-state index in [2.05, 4.69) is 46.5 Å². The second-order valence-corrected chi connectivity index (χ2v) is 5.58. The van der Waals surface area contributed by atoms with Crippen molar-refractivity contribution in [2.45, 2.75) is 13.8 Å². The van der Waals surface area contributed by atoms with Crippen molar-refractivity contribution in [1.29, 1.82) is 0 Å². The van der Waals surface area contributed by atoms with Gasteiger partial charge in [-0.05, 0) is 43.7 Å². The predicted molar refractivity (Wildman–Crippen MR) is 100.0 cm³/mol. The smallest absolute Gasteiger partial charge is 0.251 e. The third kappa shape index (κ3) is 4.03. The highest BCUT2D eigenvalue weighted by Gasteiger charge is 2.12. The lowest BCUT2D eigenvalue weighted by atomic mass is 10.2. The van der Waals surface area contributed by atoms with Gasteiger partial charge in [0.2, 0.25) is 0 Å². The van der Waals surface area contributed by atoms with Crippen LogP contribution >= 0.6 is 0 Å². The summed E-state index contributed by atoms with van der Waals surface area (Å²) in [6, 6.07) is 15.9. The van der Waals surface area contributed by atoms with Crippen LogP contribution in [-0.4, -0.2) is 28.8 Å². The van der Waals surface area contributed by atoms with E-state index in [1.54, 1.807) is 13.3 Å².